The first-order valence-electron chi connectivity index (χ1n) is 11.1. The van der Waals surface area contributed by atoms with Gasteiger partial charge in [0.2, 0.25) is 0 Å². The third-order valence-corrected chi connectivity index (χ3v) is 5.52. The normalized spacial score (nSPS) is 11.0. The second kappa shape index (κ2) is 9.97. The van der Waals surface area contributed by atoms with Gasteiger partial charge in [0.1, 0.15) is 5.75 Å². The van der Waals surface area contributed by atoms with E-state index in [-0.39, 0.29) is 5.91 Å². The van der Waals surface area contributed by atoms with Gasteiger partial charge in [0.05, 0.1) is 35.7 Å². The van der Waals surface area contributed by atoms with Crippen LogP contribution in [0.25, 0.3) is 33.5 Å². The molecule has 0 fully saturated rings. The average molecular weight is 459 g/mol. The van der Waals surface area contributed by atoms with Crippen LogP contribution in [0.2, 0.25) is 0 Å². The molecule has 0 unspecified atom stereocenters. The van der Waals surface area contributed by atoms with Crippen LogP contribution in [-0.4, -0.2) is 29.2 Å². The minimum Gasteiger partial charge on any atom is -0.497 e. The number of carbonyl (C=O) groups excluding carboxylic acids is 1. The molecule has 6 nitrogen and oxygen atoms in total. The summed E-state index contributed by atoms with van der Waals surface area (Å²) in [6.07, 6.45) is 1.58. The minimum atomic E-state index is -0.327. The van der Waals surface area contributed by atoms with Crippen LogP contribution in [0, 0.1) is 0 Å². The molecule has 0 saturated heterocycles. The Morgan fingerprint density at radius 1 is 0.771 bits per heavy atom. The first-order valence-corrected chi connectivity index (χ1v) is 11.1. The molecule has 0 aliphatic heterocycles. The van der Waals surface area contributed by atoms with E-state index >= 15 is 0 Å². The van der Waals surface area contributed by atoms with Crippen molar-refractivity contribution in [1.82, 2.24) is 15.4 Å². The van der Waals surface area contributed by atoms with Gasteiger partial charge in [0, 0.05) is 16.7 Å². The second-order valence-corrected chi connectivity index (χ2v) is 7.83. The van der Waals surface area contributed by atoms with Gasteiger partial charge >= 0.3 is 0 Å². The van der Waals surface area contributed by atoms with Gasteiger partial charge < -0.3 is 4.74 Å². The van der Waals surface area contributed by atoms with E-state index in [1.54, 1.807) is 25.5 Å². The fraction of sp³-hybridized carbons (Fsp3) is 0.0345. The highest BCUT2D eigenvalue weighted by atomic mass is 16.5. The van der Waals surface area contributed by atoms with Crippen molar-refractivity contribution in [2.75, 3.05) is 7.11 Å². The van der Waals surface area contributed by atoms with Crippen molar-refractivity contribution in [3.05, 3.63) is 114 Å². The van der Waals surface area contributed by atoms with Gasteiger partial charge in [-0.05, 0) is 48.0 Å². The summed E-state index contributed by atoms with van der Waals surface area (Å²) >= 11 is 0. The third kappa shape index (κ3) is 4.91. The Kier molecular flexibility index (Phi) is 6.26. The Labute approximate surface area is 203 Å². The Bertz CT molecular complexity index is 1500. The molecule has 170 valence electrons. The zero-order valence-corrected chi connectivity index (χ0v) is 19.1. The maximum Gasteiger partial charge on any atom is 0.271 e. The lowest BCUT2D eigenvalue weighted by atomic mass is 10.0. The first kappa shape index (κ1) is 22.0. The van der Waals surface area contributed by atoms with Crippen molar-refractivity contribution < 1.29 is 9.53 Å². The molecular weight excluding hydrogens is 436 g/mol. The molecule has 0 saturated carbocycles. The highest BCUT2D eigenvalue weighted by Crippen LogP contribution is 2.31. The topological polar surface area (TPSA) is 76.5 Å². The third-order valence-electron chi connectivity index (χ3n) is 5.52. The fourth-order valence-corrected chi connectivity index (χ4v) is 3.71. The van der Waals surface area contributed by atoms with Crippen LogP contribution in [0.3, 0.4) is 0 Å². The number of fused-ring (bicyclic) bond motifs is 1. The monoisotopic (exact) mass is 458 g/mol. The highest BCUT2D eigenvalue weighted by Gasteiger charge is 2.14. The molecule has 0 atom stereocenters. The van der Waals surface area contributed by atoms with Crippen molar-refractivity contribution in [2.24, 2.45) is 5.10 Å². The Hall–Kier alpha value is -4.84. The minimum absolute atomic E-state index is 0.327. The number of amides is 1. The number of benzene rings is 4. The van der Waals surface area contributed by atoms with Crippen molar-refractivity contribution >= 4 is 23.2 Å². The lowest BCUT2D eigenvalue weighted by Crippen LogP contribution is -2.17. The van der Waals surface area contributed by atoms with Crippen LogP contribution in [0.1, 0.15) is 15.9 Å². The van der Waals surface area contributed by atoms with Gasteiger partial charge in [-0.3, -0.25) is 4.79 Å². The predicted octanol–water partition coefficient (Wildman–Crippen LogP) is 5.74. The van der Waals surface area contributed by atoms with Crippen LogP contribution < -0.4 is 10.2 Å². The summed E-state index contributed by atoms with van der Waals surface area (Å²) in [5.74, 6) is 0.431. The van der Waals surface area contributed by atoms with E-state index in [1.807, 2.05) is 91.0 Å². The molecular formula is C29H22N4O2. The summed E-state index contributed by atoms with van der Waals surface area (Å²) in [6, 6.07) is 32.6. The number of methoxy groups -OCH3 is 1. The van der Waals surface area contributed by atoms with Gasteiger partial charge in [-0.25, -0.2) is 15.4 Å². The smallest absolute Gasteiger partial charge is 0.271 e. The van der Waals surface area contributed by atoms with Gasteiger partial charge in [-0.1, -0.05) is 60.7 Å². The van der Waals surface area contributed by atoms with Crippen LogP contribution >= 0.6 is 0 Å². The number of hydrogen-bond acceptors (Lipinski definition) is 5. The SMILES string of the molecule is COc1ccc(C=NNC(=O)c2ccc3nc(-c4ccccc4)c(-c4ccccc4)nc3c2)cc1. The van der Waals surface area contributed by atoms with E-state index in [2.05, 4.69) is 10.5 Å². The molecule has 5 rings (SSSR count). The van der Waals surface area contributed by atoms with Crippen LogP contribution in [0.5, 0.6) is 5.75 Å². The van der Waals surface area contributed by atoms with E-state index in [4.69, 9.17) is 14.7 Å². The number of ether oxygens (including phenoxy) is 1. The van der Waals surface area contributed by atoms with E-state index in [9.17, 15) is 4.79 Å². The fourth-order valence-electron chi connectivity index (χ4n) is 3.71. The van der Waals surface area contributed by atoms with E-state index in [0.29, 0.717) is 16.6 Å². The summed E-state index contributed by atoms with van der Waals surface area (Å²) in [5, 5.41) is 4.07. The zero-order valence-electron chi connectivity index (χ0n) is 19.1. The van der Waals surface area contributed by atoms with E-state index in [0.717, 1.165) is 33.8 Å². The van der Waals surface area contributed by atoms with Crippen molar-refractivity contribution in [3.63, 3.8) is 0 Å². The molecule has 1 amide bonds. The summed E-state index contributed by atoms with van der Waals surface area (Å²) < 4.78 is 5.15. The molecule has 4 aromatic carbocycles. The van der Waals surface area contributed by atoms with E-state index in [1.165, 1.54) is 0 Å². The van der Waals surface area contributed by atoms with Crippen molar-refractivity contribution in [2.45, 2.75) is 0 Å². The highest BCUT2D eigenvalue weighted by molar-refractivity contribution is 5.98. The van der Waals surface area contributed by atoms with Gasteiger partial charge in [0.25, 0.3) is 5.91 Å². The van der Waals surface area contributed by atoms with Gasteiger partial charge in [-0.2, -0.15) is 5.10 Å². The number of nitrogens with one attached hydrogen (secondary N) is 1. The summed E-state index contributed by atoms with van der Waals surface area (Å²) in [7, 11) is 1.61. The number of aromatic nitrogens is 2. The molecule has 6 heteroatoms. The van der Waals surface area contributed by atoms with Crippen molar-refractivity contribution in [3.8, 4) is 28.3 Å². The van der Waals surface area contributed by atoms with Crippen LogP contribution in [0.4, 0.5) is 0 Å². The summed E-state index contributed by atoms with van der Waals surface area (Å²) in [4.78, 5) is 22.5. The maximum absolute atomic E-state index is 12.7. The van der Waals surface area contributed by atoms with Gasteiger partial charge in [0.15, 0.2) is 0 Å². The molecule has 0 radical (unpaired) electrons. The molecule has 35 heavy (non-hydrogen) atoms. The summed E-state index contributed by atoms with van der Waals surface area (Å²) in [6.45, 7) is 0. The Balaban J connectivity index is 1.46. The Morgan fingerprint density at radius 3 is 1.97 bits per heavy atom. The molecule has 0 spiro atoms. The van der Waals surface area contributed by atoms with Crippen molar-refractivity contribution in [1.29, 1.82) is 0 Å². The largest absolute Gasteiger partial charge is 0.497 e. The lowest BCUT2D eigenvalue weighted by molar-refractivity contribution is 0.0955. The molecule has 1 N–H and O–H groups in total. The number of rotatable bonds is 6. The van der Waals surface area contributed by atoms with Gasteiger partial charge in [-0.15, -0.1) is 0 Å². The zero-order chi connectivity index (χ0) is 24.0. The molecule has 0 bridgehead atoms. The maximum atomic E-state index is 12.7. The van der Waals surface area contributed by atoms with E-state index < -0.39 is 0 Å². The molecule has 0 aliphatic carbocycles. The summed E-state index contributed by atoms with van der Waals surface area (Å²) in [5.41, 5.74) is 8.71. The predicted molar refractivity (Wildman–Crippen MR) is 138 cm³/mol. The lowest BCUT2D eigenvalue weighted by Gasteiger charge is -2.11. The van der Waals surface area contributed by atoms with Crippen LogP contribution in [0.15, 0.2) is 108 Å². The Morgan fingerprint density at radius 2 is 1.37 bits per heavy atom. The quantitative estimate of drug-likeness (QED) is 0.260. The molecule has 1 aromatic heterocycles. The first-order chi connectivity index (χ1) is 17.2. The van der Waals surface area contributed by atoms with Crippen LogP contribution in [-0.2, 0) is 0 Å². The number of hydrogen-bond donors (Lipinski definition) is 1. The molecule has 1 heterocycles. The molecule has 0 aliphatic rings. The number of carbonyl (C=O) groups is 1. The average Bonchev–Trinajstić information content (AvgIpc) is 2.93. The number of hydrazone groups is 1. The second-order valence-electron chi connectivity index (χ2n) is 7.83. The standard InChI is InChI=1S/C29H22N4O2/c1-35-24-15-12-20(13-16-24)19-30-33-29(34)23-14-17-25-26(18-23)32-28(22-10-6-3-7-11-22)27(31-25)21-8-4-2-5-9-21/h2-19H,1H3,(H,33,34). The molecule has 5 aromatic rings. The number of nitrogens with zero attached hydrogens (tertiary/aromatic N) is 3.